The van der Waals surface area contributed by atoms with Gasteiger partial charge in [0.1, 0.15) is 0 Å². The molecule has 0 aliphatic carbocycles. The number of carbonyl (C=O) groups excluding carboxylic acids is 1. The first-order chi connectivity index (χ1) is 12.5. The zero-order chi connectivity index (χ0) is 18.5. The van der Waals surface area contributed by atoms with E-state index >= 15 is 0 Å². The van der Waals surface area contributed by atoms with Crippen LogP contribution in [0.25, 0.3) is 11.1 Å². The molecular weight excluding hydrogens is 322 g/mol. The average Bonchev–Trinajstić information content (AvgIpc) is 2.64. The highest BCUT2D eigenvalue weighted by Gasteiger charge is 2.14. The number of carbonyl (C=O) groups is 1. The van der Waals surface area contributed by atoms with Crippen LogP contribution >= 0.6 is 0 Å². The molecule has 4 nitrogen and oxygen atoms in total. The topological polar surface area (TPSA) is 68.0 Å². The van der Waals surface area contributed by atoms with Gasteiger partial charge in [-0.2, -0.15) is 0 Å². The summed E-state index contributed by atoms with van der Waals surface area (Å²) in [6.07, 6.45) is 2.33. The van der Waals surface area contributed by atoms with Crippen molar-refractivity contribution in [1.29, 1.82) is 0 Å². The molecule has 1 aromatic heterocycles. The number of hydrogen-bond acceptors (Lipinski definition) is 3. The molecule has 0 radical (unpaired) electrons. The lowest BCUT2D eigenvalue weighted by Gasteiger charge is -2.13. The first kappa shape index (κ1) is 17.8. The zero-order valence-electron chi connectivity index (χ0n) is 15.1. The second-order valence-corrected chi connectivity index (χ2v) is 6.45. The maximum absolute atomic E-state index is 12.3. The minimum Gasteiger partial charge on any atom is -0.325 e. The summed E-state index contributed by atoms with van der Waals surface area (Å²) in [5.41, 5.74) is 12.2. The number of rotatable bonds is 5. The summed E-state index contributed by atoms with van der Waals surface area (Å²) in [5, 5.41) is 2.89. The fraction of sp³-hybridized carbons (Fsp3) is 0.182. The number of nitrogens with one attached hydrogen (secondary N) is 1. The predicted molar refractivity (Wildman–Crippen MR) is 106 cm³/mol. The number of pyridine rings is 1. The van der Waals surface area contributed by atoms with E-state index < -0.39 is 6.04 Å². The Morgan fingerprint density at radius 3 is 2.38 bits per heavy atom. The summed E-state index contributed by atoms with van der Waals surface area (Å²) in [7, 11) is 0. The summed E-state index contributed by atoms with van der Waals surface area (Å²) in [6, 6.07) is 19.0. The molecule has 3 aromatic rings. The maximum atomic E-state index is 12.3. The number of anilines is 1. The Morgan fingerprint density at radius 2 is 1.73 bits per heavy atom. The number of nitrogens with two attached hydrogens (primary N) is 1. The molecule has 0 fully saturated rings. The van der Waals surface area contributed by atoms with Crippen molar-refractivity contribution in [2.45, 2.75) is 26.3 Å². The van der Waals surface area contributed by atoms with Gasteiger partial charge in [0.15, 0.2) is 0 Å². The Bertz CT molecular complexity index is 869. The van der Waals surface area contributed by atoms with Gasteiger partial charge in [0, 0.05) is 23.1 Å². The lowest BCUT2D eigenvalue weighted by molar-refractivity contribution is -0.117. The second-order valence-electron chi connectivity index (χ2n) is 6.45. The van der Waals surface area contributed by atoms with Crippen molar-refractivity contribution in [1.82, 2.24) is 4.98 Å². The average molecular weight is 345 g/mol. The van der Waals surface area contributed by atoms with E-state index in [0.717, 1.165) is 28.1 Å². The fourth-order valence-corrected chi connectivity index (χ4v) is 3.05. The summed E-state index contributed by atoms with van der Waals surface area (Å²) < 4.78 is 0. The normalized spacial score (nSPS) is 11.8. The van der Waals surface area contributed by atoms with Gasteiger partial charge in [-0.1, -0.05) is 42.5 Å². The van der Waals surface area contributed by atoms with E-state index in [1.165, 1.54) is 5.56 Å². The van der Waals surface area contributed by atoms with E-state index in [4.69, 9.17) is 5.73 Å². The van der Waals surface area contributed by atoms with Gasteiger partial charge in [0.25, 0.3) is 0 Å². The van der Waals surface area contributed by atoms with Crippen LogP contribution in [0.2, 0.25) is 0 Å². The number of hydrogen-bond donors (Lipinski definition) is 2. The van der Waals surface area contributed by atoms with E-state index in [9.17, 15) is 4.79 Å². The van der Waals surface area contributed by atoms with E-state index in [0.29, 0.717) is 6.42 Å². The van der Waals surface area contributed by atoms with Crippen molar-refractivity contribution in [3.63, 3.8) is 0 Å². The molecule has 3 N–H and O–H groups in total. The van der Waals surface area contributed by atoms with Crippen LogP contribution in [0, 0.1) is 13.8 Å². The molecule has 0 saturated carbocycles. The lowest BCUT2D eigenvalue weighted by atomic mass is 9.99. The van der Waals surface area contributed by atoms with Gasteiger partial charge >= 0.3 is 0 Å². The third-order valence-electron chi connectivity index (χ3n) is 4.43. The van der Waals surface area contributed by atoms with Gasteiger partial charge in [0.05, 0.1) is 6.04 Å². The van der Waals surface area contributed by atoms with Crippen LogP contribution in [0.4, 0.5) is 5.69 Å². The molecule has 4 heteroatoms. The van der Waals surface area contributed by atoms with Gasteiger partial charge in [-0.25, -0.2) is 0 Å². The summed E-state index contributed by atoms with van der Waals surface area (Å²) in [5.74, 6) is -0.185. The molecule has 1 amide bonds. The Hall–Kier alpha value is -2.98. The van der Waals surface area contributed by atoms with Crippen molar-refractivity contribution in [2.24, 2.45) is 5.73 Å². The highest BCUT2D eigenvalue weighted by Crippen LogP contribution is 2.26. The number of aromatic nitrogens is 1. The molecule has 2 aromatic carbocycles. The summed E-state index contributed by atoms with van der Waals surface area (Å²) in [4.78, 5) is 16.7. The molecule has 0 unspecified atom stereocenters. The van der Waals surface area contributed by atoms with Crippen molar-refractivity contribution < 1.29 is 4.79 Å². The van der Waals surface area contributed by atoms with Crippen LogP contribution in [0.3, 0.4) is 0 Å². The van der Waals surface area contributed by atoms with E-state index in [1.54, 1.807) is 0 Å². The van der Waals surface area contributed by atoms with E-state index in [1.807, 2.05) is 73.8 Å². The third kappa shape index (κ3) is 4.16. The Morgan fingerprint density at radius 1 is 1.04 bits per heavy atom. The van der Waals surface area contributed by atoms with E-state index in [-0.39, 0.29) is 5.91 Å². The van der Waals surface area contributed by atoms with Gasteiger partial charge in [-0.05, 0) is 55.2 Å². The van der Waals surface area contributed by atoms with Gasteiger partial charge in [-0.15, -0.1) is 0 Å². The SMILES string of the molecule is Cc1ccnc(C)c1-c1ccc(NC(=O)[C@@H](N)Cc2ccccc2)cc1. The van der Waals surface area contributed by atoms with Crippen LogP contribution in [-0.2, 0) is 11.2 Å². The highest BCUT2D eigenvalue weighted by atomic mass is 16.2. The minimum atomic E-state index is -0.583. The molecule has 0 aliphatic rings. The molecule has 3 rings (SSSR count). The summed E-state index contributed by atoms with van der Waals surface area (Å²) >= 11 is 0. The Kier molecular flexibility index (Phi) is 5.44. The van der Waals surface area contributed by atoms with Crippen LogP contribution in [-0.4, -0.2) is 16.9 Å². The van der Waals surface area contributed by atoms with Gasteiger partial charge in [-0.3, -0.25) is 9.78 Å². The molecule has 0 saturated heterocycles. The van der Waals surface area contributed by atoms with Crippen molar-refractivity contribution in [3.8, 4) is 11.1 Å². The number of nitrogens with zero attached hydrogens (tertiary/aromatic N) is 1. The first-order valence-electron chi connectivity index (χ1n) is 8.67. The van der Waals surface area contributed by atoms with Crippen molar-refractivity contribution in [2.75, 3.05) is 5.32 Å². The zero-order valence-corrected chi connectivity index (χ0v) is 15.1. The maximum Gasteiger partial charge on any atom is 0.241 e. The molecule has 26 heavy (non-hydrogen) atoms. The quantitative estimate of drug-likeness (QED) is 0.737. The van der Waals surface area contributed by atoms with Gasteiger partial charge in [0.2, 0.25) is 5.91 Å². The molecule has 0 spiro atoms. The molecule has 1 heterocycles. The third-order valence-corrected chi connectivity index (χ3v) is 4.43. The Balaban J connectivity index is 1.68. The van der Waals surface area contributed by atoms with E-state index in [2.05, 4.69) is 17.2 Å². The van der Waals surface area contributed by atoms with Crippen molar-refractivity contribution in [3.05, 3.63) is 83.7 Å². The molecule has 0 aliphatic heterocycles. The molecule has 1 atom stereocenters. The second kappa shape index (κ2) is 7.93. The van der Waals surface area contributed by atoms with Crippen LogP contribution in [0.1, 0.15) is 16.8 Å². The van der Waals surface area contributed by atoms with Crippen LogP contribution in [0.5, 0.6) is 0 Å². The predicted octanol–water partition coefficient (Wildman–Crippen LogP) is 3.87. The summed E-state index contributed by atoms with van der Waals surface area (Å²) in [6.45, 7) is 4.07. The van der Waals surface area contributed by atoms with Gasteiger partial charge < -0.3 is 11.1 Å². The largest absolute Gasteiger partial charge is 0.325 e. The molecule has 132 valence electrons. The Labute approximate surface area is 154 Å². The lowest BCUT2D eigenvalue weighted by Crippen LogP contribution is -2.37. The molecular formula is C22H23N3O. The smallest absolute Gasteiger partial charge is 0.241 e. The number of amides is 1. The highest BCUT2D eigenvalue weighted by molar-refractivity contribution is 5.95. The van der Waals surface area contributed by atoms with Crippen molar-refractivity contribution >= 4 is 11.6 Å². The van der Waals surface area contributed by atoms with Crippen LogP contribution in [0.15, 0.2) is 66.9 Å². The number of benzene rings is 2. The minimum absolute atomic E-state index is 0.185. The van der Waals surface area contributed by atoms with Crippen LogP contribution < -0.4 is 11.1 Å². The number of aryl methyl sites for hydroxylation is 2. The monoisotopic (exact) mass is 345 g/mol. The molecule has 0 bridgehead atoms. The first-order valence-corrected chi connectivity index (χ1v) is 8.67. The standard InChI is InChI=1S/C22H23N3O/c1-15-12-13-24-16(2)21(15)18-8-10-19(11-9-18)25-22(26)20(23)14-17-6-4-3-5-7-17/h3-13,20H,14,23H2,1-2H3,(H,25,26)/t20-/m0/s1. The fourth-order valence-electron chi connectivity index (χ4n) is 3.05.